The number of aliphatic hydroxyl groups excluding tert-OH is 1. The van der Waals surface area contributed by atoms with Crippen molar-refractivity contribution in [3.63, 3.8) is 0 Å². The average molecular weight is 234 g/mol. The van der Waals surface area contributed by atoms with Crippen LogP contribution in [0.15, 0.2) is 15.2 Å². The number of aliphatic imine (C=N–C) groups is 1. The topological polar surface area (TPSA) is 41.8 Å². The highest BCUT2D eigenvalue weighted by molar-refractivity contribution is 9.12. The molecule has 0 atom stereocenters. The van der Waals surface area contributed by atoms with Gasteiger partial charge in [0.2, 0.25) is 0 Å². The highest BCUT2D eigenvalue weighted by Gasteiger charge is 2.16. The minimum Gasteiger partial charge on any atom is -0.500 e. The second-order valence-corrected chi connectivity index (χ2v) is 3.33. The van der Waals surface area contributed by atoms with Crippen molar-refractivity contribution >= 4 is 21.6 Å². The first-order valence-electron chi connectivity index (χ1n) is 3.86. The number of nitrogens with zero attached hydrogens (tertiary/aromatic N) is 1. The van der Waals surface area contributed by atoms with Crippen LogP contribution in [-0.2, 0) is 4.74 Å². The maximum absolute atomic E-state index is 8.62. The fourth-order valence-corrected chi connectivity index (χ4v) is 1.91. The molecule has 0 bridgehead atoms. The van der Waals surface area contributed by atoms with Gasteiger partial charge in [-0.25, -0.2) is 0 Å². The molecule has 1 aliphatic carbocycles. The molecule has 0 aromatic rings. The molecule has 0 aliphatic heterocycles. The lowest BCUT2D eigenvalue weighted by molar-refractivity contribution is 0.272. The molecular formula is C8H12BrNO2. The van der Waals surface area contributed by atoms with Crippen LogP contribution in [0, 0.1) is 0 Å². The lowest BCUT2D eigenvalue weighted by Crippen LogP contribution is -2.09. The molecule has 68 valence electrons. The Balaban J connectivity index is 2.84. The summed E-state index contributed by atoms with van der Waals surface area (Å²) in [7, 11) is 1.65. The molecule has 0 aromatic heterocycles. The van der Waals surface area contributed by atoms with Gasteiger partial charge in [0.05, 0.1) is 17.3 Å². The van der Waals surface area contributed by atoms with Gasteiger partial charge in [-0.15, -0.1) is 0 Å². The average Bonchev–Trinajstić information content (AvgIpc) is 2.09. The van der Waals surface area contributed by atoms with Crippen LogP contribution in [-0.4, -0.2) is 24.7 Å². The second-order valence-electron chi connectivity index (χ2n) is 2.54. The maximum atomic E-state index is 8.62. The first kappa shape index (κ1) is 9.74. The van der Waals surface area contributed by atoms with Crippen molar-refractivity contribution in [3.05, 3.63) is 10.2 Å². The van der Waals surface area contributed by atoms with Crippen LogP contribution in [0.3, 0.4) is 0 Å². The van der Waals surface area contributed by atoms with Gasteiger partial charge in [-0.1, -0.05) is 0 Å². The summed E-state index contributed by atoms with van der Waals surface area (Å²) in [5.41, 5.74) is 0.903. The summed E-state index contributed by atoms with van der Waals surface area (Å²) in [6, 6.07) is 0. The van der Waals surface area contributed by atoms with Crippen molar-refractivity contribution in [2.24, 2.45) is 4.99 Å². The van der Waals surface area contributed by atoms with Crippen LogP contribution in [0.5, 0.6) is 0 Å². The first-order valence-corrected chi connectivity index (χ1v) is 4.66. The van der Waals surface area contributed by atoms with Crippen molar-refractivity contribution in [1.29, 1.82) is 0 Å². The Labute approximate surface area is 80.3 Å². The van der Waals surface area contributed by atoms with E-state index in [1.807, 2.05) is 0 Å². The minimum absolute atomic E-state index is 0.151. The van der Waals surface area contributed by atoms with Gasteiger partial charge in [0.25, 0.3) is 0 Å². The molecule has 0 saturated carbocycles. The van der Waals surface area contributed by atoms with E-state index >= 15 is 0 Å². The highest BCUT2D eigenvalue weighted by Crippen LogP contribution is 2.27. The molecule has 0 radical (unpaired) electrons. The van der Waals surface area contributed by atoms with Crippen LogP contribution in [0.4, 0.5) is 0 Å². The van der Waals surface area contributed by atoms with Gasteiger partial charge in [0, 0.05) is 6.42 Å². The number of hydrogen-bond acceptors (Lipinski definition) is 3. The van der Waals surface area contributed by atoms with E-state index in [0.717, 1.165) is 35.2 Å². The normalized spacial score (nSPS) is 21.8. The number of rotatable bonds is 2. The van der Waals surface area contributed by atoms with Crippen molar-refractivity contribution in [2.75, 3.05) is 13.8 Å². The van der Waals surface area contributed by atoms with E-state index < -0.39 is 0 Å². The third-order valence-electron chi connectivity index (χ3n) is 1.82. The highest BCUT2D eigenvalue weighted by atomic mass is 79.9. The monoisotopic (exact) mass is 233 g/mol. The van der Waals surface area contributed by atoms with Gasteiger partial charge in [-0.05, 0) is 28.8 Å². The van der Waals surface area contributed by atoms with Crippen LogP contribution < -0.4 is 0 Å². The smallest absolute Gasteiger partial charge is 0.134 e. The Morgan fingerprint density at radius 3 is 2.92 bits per heavy atom. The van der Waals surface area contributed by atoms with Gasteiger partial charge in [-0.3, -0.25) is 4.99 Å². The fourth-order valence-electron chi connectivity index (χ4n) is 1.22. The lowest BCUT2D eigenvalue weighted by Gasteiger charge is -2.16. The van der Waals surface area contributed by atoms with E-state index in [1.165, 1.54) is 0 Å². The van der Waals surface area contributed by atoms with Crippen molar-refractivity contribution in [3.8, 4) is 0 Å². The zero-order chi connectivity index (χ0) is 8.97. The second kappa shape index (κ2) is 4.62. The zero-order valence-corrected chi connectivity index (χ0v) is 8.60. The number of hydrogen-bond donors (Lipinski definition) is 1. The molecule has 3 nitrogen and oxygen atoms in total. The molecule has 4 heteroatoms. The van der Waals surface area contributed by atoms with Gasteiger partial charge >= 0.3 is 0 Å². The van der Waals surface area contributed by atoms with E-state index in [9.17, 15) is 0 Å². The summed E-state index contributed by atoms with van der Waals surface area (Å²) >= 11 is 3.40. The summed E-state index contributed by atoms with van der Waals surface area (Å²) in [6.45, 7) is -0.151. The molecule has 1 N–H and O–H groups in total. The molecule has 1 aliphatic rings. The quantitative estimate of drug-likeness (QED) is 0.791. The molecule has 0 aromatic carbocycles. The van der Waals surface area contributed by atoms with E-state index in [-0.39, 0.29) is 6.73 Å². The van der Waals surface area contributed by atoms with Gasteiger partial charge in [-0.2, -0.15) is 0 Å². The van der Waals surface area contributed by atoms with Gasteiger partial charge in [0.1, 0.15) is 12.5 Å². The predicted octanol–water partition coefficient (Wildman–Crippen LogP) is 1.81. The van der Waals surface area contributed by atoms with Crippen molar-refractivity contribution in [1.82, 2.24) is 0 Å². The Kier molecular flexibility index (Phi) is 3.75. The van der Waals surface area contributed by atoms with E-state index in [2.05, 4.69) is 20.9 Å². The third kappa shape index (κ3) is 2.08. The Bertz CT molecular complexity index is 223. The molecule has 0 amide bonds. The number of ether oxygens (including phenoxy) is 1. The summed E-state index contributed by atoms with van der Waals surface area (Å²) in [5, 5.41) is 8.62. The van der Waals surface area contributed by atoms with Crippen LogP contribution >= 0.6 is 15.9 Å². The maximum Gasteiger partial charge on any atom is 0.134 e. The summed E-state index contributed by atoms with van der Waals surface area (Å²) < 4.78 is 6.06. The van der Waals surface area contributed by atoms with E-state index in [1.54, 1.807) is 7.11 Å². The van der Waals surface area contributed by atoms with Crippen LogP contribution in [0.1, 0.15) is 19.3 Å². The third-order valence-corrected chi connectivity index (χ3v) is 2.72. The fraction of sp³-hybridized carbons (Fsp3) is 0.625. The molecule has 1 rings (SSSR count). The summed E-state index contributed by atoms with van der Waals surface area (Å²) in [6.07, 6.45) is 2.90. The van der Waals surface area contributed by atoms with E-state index in [0.29, 0.717) is 0 Å². The standard InChI is InChI=1S/C8H12BrNO2/c1-12-7-4-2-3-6(8(7)9)10-5-11/h11H,2-5H2,1H3. The predicted molar refractivity (Wildman–Crippen MR) is 51.3 cm³/mol. The number of allylic oxidation sites excluding steroid dienone is 2. The Morgan fingerprint density at radius 1 is 1.58 bits per heavy atom. The largest absolute Gasteiger partial charge is 0.500 e. The molecule has 0 heterocycles. The van der Waals surface area contributed by atoms with Crippen molar-refractivity contribution < 1.29 is 9.84 Å². The summed E-state index contributed by atoms with van der Waals surface area (Å²) in [5.74, 6) is 0.924. The van der Waals surface area contributed by atoms with Gasteiger partial charge in [0.15, 0.2) is 0 Å². The summed E-state index contributed by atoms with van der Waals surface area (Å²) in [4.78, 5) is 3.95. The number of halogens is 1. The minimum atomic E-state index is -0.151. The lowest BCUT2D eigenvalue weighted by atomic mass is 10.0. The van der Waals surface area contributed by atoms with Crippen LogP contribution in [0.25, 0.3) is 0 Å². The Hall–Kier alpha value is -0.350. The van der Waals surface area contributed by atoms with E-state index in [4.69, 9.17) is 9.84 Å². The molecule has 0 fully saturated rings. The SMILES string of the molecule is COC1=C(Br)C(=NCO)CCC1. The molecule has 12 heavy (non-hydrogen) atoms. The van der Waals surface area contributed by atoms with Crippen molar-refractivity contribution in [2.45, 2.75) is 19.3 Å². The first-order chi connectivity index (χ1) is 5.79. The molecular weight excluding hydrogens is 222 g/mol. The van der Waals surface area contributed by atoms with Crippen LogP contribution in [0.2, 0.25) is 0 Å². The Morgan fingerprint density at radius 2 is 2.33 bits per heavy atom. The molecule has 0 saturated heterocycles. The number of aliphatic hydroxyl groups is 1. The molecule has 0 unspecified atom stereocenters. The molecule has 0 spiro atoms. The number of methoxy groups -OCH3 is 1. The zero-order valence-electron chi connectivity index (χ0n) is 7.01. The van der Waals surface area contributed by atoms with Gasteiger partial charge < -0.3 is 9.84 Å².